The van der Waals surface area contributed by atoms with Crippen LogP contribution in [0.3, 0.4) is 0 Å². The van der Waals surface area contributed by atoms with Crippen LogP contribution in [0.2, 0.25) is 10.0 Å². The number of pyridine rings is 1. The molecule has 0 radical (unpaired) electrons. The van der Waals surface area contributed by atoms with E-state index in [2.05, 4.69) is 4.98 Å². The highest BCUT2D eigenvalue weighted by Crippen LogP contribution is 2.47. The molecule has 156 valence electrons. The molecule has 0 bridgehead atoms. The molecule has 3 nitrogen and oxygen atoms in total. The molecule has 0 amide bonds. The summed E-state index contributed by atoms with van der Waals surface area (Å²) in [5, 5.41) is 1.35. The highest BCUT2D eigenvalue weighted by Gasteiger charge is 2.49. The molecular weight excluding hydrogens is 412 g/mol. The maximum atomic E-state index is 13.5. The topological polar surface area (TPSA) is 31.4 Å². The normalized spacial score (nSPS) is 26.9. The van der Waals surface area contributed by atoms with Gasteiger partial charge in [0.2, 0.25) is 0 Å². The summed E-state index contributed by atoms with van der Waals surface area (Å²) in [5.74, 6) is -0.298. The second kappa shape index (κ2) is 8.89. The molecule has 1 aromatic carbocycles. The van der Waals surface area contributed by atoms with Crippen LogP contribution in [0.5, 0.6) is 0 Å². The van der Waals surface area contributed by atoms with Gasteiger partial charge >= 0.3 is 0 Å². The molecule has 2 atom stereocenters. The third kappa shape index (κ3) is 4.93. The Morgan fingerprint density at radius 1 is 1.03 bits per heavy atom. The number of halogens is 3. The Bertz CT molecular complexity index is 819. The Labute approximate surface area is 181 Å². The number of benzene rings is 1. The van der Waals surface area contributed by atoms with Crippen LogP contribution < -0.4 is 0 Å². The second-order valence-corrected chi connectivity index (χ2v) is 9.26. The van der Waals surface area contributed by atoms with Gasteiger partial charge in [-0.1, -0.05) is 29.6 Å². The van der Waals surface area contributed by atoms with E-state index < -0.39 is 0 Å². The highest BCUT2D eigenvalue weighted by molar-refractivity contribution is 6.34. The molecule has 29 heavy (non-hydrogen) atoms. The lowest BCUT2D eigenvalue weighted by molar-refractivity contribution is -0.109. The molecule has 2 aliphatic heterocycles. The van der Waals surface area contributed by atoms with Crippen molar-refractivity contribution < 1.29 is 13.9 Å². The number of aromatic nitrogens is 1. The van der Waals surface area contributed by atoms with Gasteiger partial charge in [-0.3, -0.25) is 4.98 Å². The molecule has 2 aliphatic rings. The van der Waals surface area contributed by atoms with Gasteiger partial charge in [0.05, 0.1) is 18.4 Å². The second-order valence-electron chi connectivity index (χ2n) is 8.39. The fourth-order valence-electron chi connectivity index (χ4n) is 4.86. The summed E-state index contributed by atoms with van der Waals surface area (Å²) in [6.07, 6.45) is 8.01. The maximum Gasteiger partial charge on any atom is 0.141 e. The van der Waals surface area contributed by atoms with E-state index in [9.17, 15) is 4.39 Å². The third-order valence-electron chi connectivity index (χ3n) is 6.28. The van der Waals surface area contributed by atoms with Crippen molar-refractivity contribution in [3.63, 3.8) is 0 Å². The van der Waals surface area contributed by atoms with Crippen LogP contribution >= 0.6 is 23.2 Å². The summed E-state index contributed by atoms with van der Waals surface area (Å²) in [6.45, 7) is 2.06. The van der Waals surface area contributed by atoms with E-state index in [4.69, 9.17) is 32.7 Å². The number of rotatable bonds is 6. The number of aryl methyl sites for hydroxylation is 1. The summed E-state index contributed by atoms with van der Waals surface area (Å²) < 4.78 is 25.3. The van der Waals surface area contributed by atoms with Gasteiger partial charge in [0.1, 0.15) is 5.82 Å². The molecule has 2 fully saturated rings. The van der Waals surface area contributed by atoms with E-state index in [0.717, 1.165) is 62.8 Å². The zero-order valence-corrected chi connectivity index (χ0v) is 17.9. The molecule has 6 heteroatoms. The zero-order chi connectivity index (χ0) is 20.3. The van der Waals surface area contributed by atoms with Crippen molar-refractivity contribution >= 4 is 23.2 Å². The minimum Gasteiger partial charge on any atom is -0.378 e. The fourth-order valence-corrected chi connectivity index (χ4v) is 5.43. The third-order valence-corrected chi connectivity index (χ3v) is 6.72. The number of unbranched alkanes of at least 4 members (excludes halogenated alkanes) is 1. The van der Waals surface area contributed by atoms with E-state index in [1.165, 1.54) is 12.3 Å². The summed E-state index contributed by atoms with van der Waals surface area (Å²) >= 11 is 12.2. The van der Waals surface area contributed by atoms with Crippen molar-refractivity contribution in [1.82, 2.24) is 4.98 Å². The molecule has 2 aromatic rings. The summed E-state index contributed by atoms with van der Waals surface area (Å²) in [5.41, 5.74) is 1.80. The van der Waals surface area contributed by atoms with Gasteiger partial charge in [-0.05, 0) is 68.0 Å². The van der Waals surface area contributed by atoms with Crippen LogP contribution in [-0.4, -0.2) is 30.4 Å². The largest absolute Gasteiger partial charge is 0.378 e. The van der Waals surface area contributed by atoms with Crippen molar-refractivity contribution in [3.05, 3.63) is 63.6 Å². The average molecular weight is 438 g/mol. The first-order valence-electron chi connectivity index (χ1n) is 10.3. The lowest BCUT2D eigenvalue weighted by atomic mass is 9.67. The Morgan fingerprint density at radius 2 is 1.86 bits per heavy atom. The van der Waals surface area contributed by atoms with E-state index in [1.807, 2.05) is 18.2 Å². The van der Waals surface area contributed by atoms with Crippen LogP contribution in [0.4, 0.5) is 4.39 Å². The van der Waals surface area contributed by atoms with Crippen LogP contribution in [-0.2, 0) is 21.3 Å². The SMILES string of the molecule is Fc1ccc(C2(CCCCc3cc(Cl)cc(Cl)c3)CCOC3(CCOC3)C2)nc1. The molecule has 2 unspecified atom stereocenters. The Hall–Kier alpha value is -1.20. The highest BCUT2D eigenvalue weighted by atomic mass is 35.5. The summed E-state index contributed by atoms with van der Waals surface area (Å²) in [6, 6.07) is 9.08. The van der Waals surface area contributed by atoms with Gasteiger partial charge in [0, 0.05) is 40.8 Å². The predicted molar refractivity (Wildman–Crippen MR) is 113 cm³/mol. The van der Waals surface area contributed by atoms with Gasteiger partial charge in [-0.2, -0.15) is 0 Å². The van der Waals surface area contributed by atoms with Gasteiger partial charge in [0.25, 0.3) is 0 Å². The standard InChI is InChI=1S/C23H26Cl2FNO2/c24-18-11-17(12-19(25)13-18)3-1-2-6-22(21-5-4-20(26)14-27-21)7-10-29-23(15-22)8-9-28-16-23/h4-5,11-14H,1-3,6-10,15-16H2. The molecular formula is C23H26Cl2FNO2. The van der Waals surface area contributed by atoms with Crippen molar-refractivity contribution in [3.8, 4) is 0 Å². The Morgan fingerprint density at radius 3 is 2.55 bits per heavy atom. The smallest absolute Gasteiger partial charge is 0.141 e. The van der Waals surface area contributed by atoms with Crippen molar-refractivity contribution in [2.45, 2.75) is 56.0 Å². The minimum atomic E-state index is -0.298. The Balaban J connectivity index is 1.47. The van der Waals surface area contributed by atoms with E-state index in [-0.39, 0.29) is 16.8 Å². The van der Waals surface area contributed by atoms with Gasteiger partial charge in [-0.25, -0.2) is 4.39 Å². The summed E-state index contributed by atoms with van der Waals surface area (Å²) in [4.78, 5) is 4.48. The van der Waals surface area contributed by atoms with E-state index in [0.29, 0.717) is 23.3 Å². The molecule has 3 heterocycles. The average Bonchev–Trinajstić information content (AvgIpc) is 3.12. The molecule has 0 saturated carbocycles. The minimum absolute atomic E-state index is 0.106. The van der Waals surface area contributed by atoms with Crippen LogP contribution in [0.25, 0.3) is 0 Å². The number of ether oxygens (including phenoxy) is 2. The van der Waals surface area contributed by atoms with Crippen LogP contribution in [0.1, 0.15) is 49.8 Å². The Kier molecular flexibility index (Phi) is 6.45. The molecule has 4 rings (SSSR count). The molecule has 1 spiro atoms. The van der Waals surface area contributed by atoms with Crippen molar-refractivity contribution in [2.24, 2.45) is 0 Å². The van der Waals surface area contributed by atoms with Gasteiger partial charge < -0.3 is 9.47 Å². The molecule has 2 saturated heterocycles. The predicted octanol–water partition coefficient (Wildman–Crippen LogP) is 6.15. The first-order valence-corrected chi connectivity index (χ1v) is 11.0. The van der Waals surface area contributed by atoms with E-state index >= 15 is 0 Å². The lowest BCUT2D eigenvalue weighted by Crippen LogP contribution is -2.48. The maximum absolute atomic E-state index is 13.5. The first-order chi connectivity index (χ1) is 14.0. The first kappa shape index (κ1) is 21.0. The fraction of sp³-hybridized carbons (Fsp3) is 0.522. The monoisotopic (exact) mass is 437 g/mol. The van der Waals surface area contributed by atoms with Crippen molar-refractivity contribution in [2.75, 3.05) is 19.8 Å². The van der Waals surface area contributed by atoms with Crippen LogP contribution in [0.15, 0.2) is 36.5 Å². The summed E-state index contributed by atoms with van der Waals surface area (Å²) in [7, 11) is 0. The van der Waals surface area contributed by atoms with Gasteiger partial charge in [-0.15, -0.1) is 0 Å². The number of hydrogen-bond donors (Lipinski definition) is 0. The van der Waals surface area contributed by atoms with Crippen LogP contribution in [0, 0.1) is 5.82 Å². The zero-order valence-electron chi connectivity index (χ0n) is 16.4. The number of nitrogens with zero attached hydrogens (tertiary/aromatic N) is 1. The molecule has 0 aliphatic carbocycles. The quantitative estimate of drug-likeness (QED) is 0.507. The van der Waals surface area contributed by atoms with Crippen molar-refractivity contribution in [1.29, 1.82) is 0 Å². The lowest BCUT2D eigenvalue weighted by Gasteiger charge is -2.45. The van der Waals surface area contributed by atoms with E-state index in [1.54, 1.807) is 6.07 Å². The number of hydrogen-bond acceptors (Lipinski definition) is 3. The molecule has 0 N–H and O–H groups in total. The van der Waals surface area contributed by atoms with Gasteiger partial charge in [0.15, 0.2) is 0 Å². The molecule has 1 aromatic heterocycles.